The highest BCUT2D eigenvalue weighted by molar-refractivity contribution is 9.10. The minimum atomic E-state index is -0.00468. The van der Waals surface area contributed by atoms with Gasteiger partial charge >= 0.3 is 0 Å². The molecule has 4 aromatic rings. The molecule has 0 saturated heterocycles. The molecule has 0 saturated carbocycles. The van der Waals surface area contributed by atoms with E-state index in [1.807, 2.05) is 67.8 Å². The number of anilines is 1. The van der Waals surface area contributed by atoms with Crippen LogP contribution < -0.4 is 5.32 Å². The number of fused-ring (bicyclic) bond motifs is 3. The highest BCUT2D eigenvalue weighted by Gasteiger charge is 2.15. The number of aromatic nitrogens is 3. The van der Waals surface area contributed by atoms with Crippen molar-refractivity contribution in [1.82, 2.24) is 14.6 Å². The van der Waals surface area contributed by atoms with E-state index in [4.69, 9.17) is 4.98 Å². The van der Waals surface area contributed by atoms with Gasteiger partial charge in [-0.1, -0.05) is 28.1 Å². The Morgan fingerprint density at radius 3 is 2.71 bits per heavy atom. The molecule has 1 amide bonds. The van der Waals surface area contributed by atoms with Gasteiger partial charge in [-0.2, -0.15) is 5.10 Å². The molecule has 2 aromatic heterocycles. The molecule has 0 aliphatic rings. The van der Waals surface area contributed by atoms with Crippen LogP contribution in [0.1, 0.15) is 28.9 Å². The van der Waals surface area contributed by atoms with Crippen molar-refractivity contribution in [1.29, 1.82) is 0 Å². The molecule has 0 atom stereocenters. The fourth-order valence-corrected chi connectivity index (χ4v) is 4.03. The van der Waals surface area contributed by atoms with Crippen LogP contribution in [0.4, 0.5) is 5.69 Å². The van der Waals surface area contributed by atoms with E-state index >= 15 is 0 Å². The molecule has 0 spiro atoms. The maximum absolute atomic E-state index is 12.5. The molecular weight excluding hydrogens is 416 g/mol. The molecule has 2 heterocycles. The van der Waals surface area contributed by atoms with Crippen LogP contribution in [0.25, 0.3) is 16.6 Å². The molecule has 6 heteroatoms. The van der Waals surface area contributed by atoms with Gasteiger partial charge in [0.1, 0.15) is 0 Å². The minimum Gasteiger partial charge on any atom is -0.326 e. The minimum absolute atomic E-state index is 0.00468. The highest BCUT2D eigenvalue weighted by atomic mass is 79.9. The highest BCUT2D eigenvalue weighted by Crippen LogP contribution is 2.24. The average Bonchev–Trinajstić information content (AvgIpc) is 3.03. The predicted octanol–water partition coefficient (Wildman–Crippen LogP) is 5.14. The summed E-state index contributed by atoms with van der Waals surface area (Å²) in [4.78, 5) is 17.3. The van der Waals surface area contributed by atoms with Gasteiger partial charge in [-0.15, -0.1) is 0 Å². The number of carbonyl (C=O) groups excluding carboxylic acids is 1. The number of hydrogen-bond donors (Lipinski definition) is 1. The summed E-state index contributed by atoms with van der Waals surface area (Å²) >= 11 is 3.44. The molecule has 142 valence electrons. The Morgan fingerprint density at radius 1 is 1.14 bits per heavy atom. The van der Waals surface area contributed by atoms with Gasteiger partial charge in [0.15, 0.2) is 5.65 Å². The van der Waals surface area contributed by atoms with Gasteiger partial charge < -0.3 is 5.32 Å². The number of nitrogens with zero attached hydrogens (tertiary/aromatic N) is 3. The molecule has 0 aliphatic heterocycles. The average molecular weight is 437 g/mol. The molecule has 0 aliphatic carbocycles. The fourth-order valence-electron chi connectivity index (χ4n) is 3.56. The fraction of sp³-hybridized carbons (Fsp3) is 0.227. The van der Waals surface area contributed by atoms with E-state index in [-0.39, 0.29) is 5.91 Å². The first kappa shape index (κ1) is 18.6. The first-order valence-corrected chi connectivity index (χ1v) is 10.0. The smallest absolute Gasteiger partial charge is 0.224 e. The predicted molar refractivity (Wildman–Crippen MR) is 116 cm³/mol. The number of halogens is 1. The van der Waals surface area contributed by atoms with Crippen molar-refractivity contribution in [2.45, 2.75) is 33.6 Å². The van der Waals surface area contributed by atoms with Gasteiger partial charge in [-0.25, -0.2) is 9.50 Å². The Bertz CT molecular complexity index is 1210. The number of hydrogen-bond acceptors (Lipinski definition) is 3. The van der Waals surface area contributed by atoms with Crippen LogP contribution in [0.15, 0.2) is 46.9 Å². The Kier molecular flexibility index (Phi) is 4.89. The van der Waals surface area contributed by atoms with Crippen molar-refractivity contribution < 1.29 is 4.79 Å². The Labute approximate surface area is 171 Å². The third kappa shape index (κ3) is 3.40. The third-order valence-corrected chi connectivity index (χ3v) is 5.58. The summed E-state index contributed by atoms with van der Waals surface area (Å²) in [7, 11) is 0. The topological polar surface area (TPSA) is 59.3 Å². The standard InChI is InChI=1S/C22H21BrN4O/c1-13-12-16(23)8-10-19(13)25-21(28)11-9-17-14(2)24-22-18-6-4-5-7-20(18)26-27(22)15(17)3/h4-8,10,12H,9,11H2,1-3H3,(H,25,28). The summed E-state index contributed by atoms with van der Waals surface area (Å²) in [5, 5.41) is 8.73. The SMILES string of the molecule is Cc1cc(Br)ccc1NC(=O)CCc1c(C)nc2c3ccccc3nn2c1C. The summed E-state index contributed by atoms with van der Waals surface area (Å²) in [6.45, 7) is 6.02. The number of benzene rings is 2. The van der Waals surface area contributed by atoms with Crippen LogP contribution in [-0.2, 0) is 11.2 Å². The zero-order valence-electron chi connectivity index (χ0n) is 16.1. The first-order chi connectivity index (χ1) is 13.4. The van der Waals surface area contributed by atoms with Crippen LogP contribution in [0.3, 0.4) is 0 Å². The van der Waals surface area contributed by atoms with Gasteiger partial charge in [0.05, 0.1) is 5.52 Å². The van der Waals surface area contributed by atoms with Crippen LogP contribution in [0.5, 0.6) is 0 Å². The molecule has 5 nitrogen and oxygen atoms in total. The van der Waals surface area contributed by atoms with E-state index in [2.05, 4.69) is 26.3 Å². The number of aryl methyl sites for hydroxylation is 3. The van der Waals surface area contributed by atoms with Gasteiger partial charge in [0.2, 0.25) is 5.91 Å². The first-order valence-electron chi connectivity index (χ1n) is 9.23. The molecule has 2 aromatic carbocycles. The quantitative estimate of drug-likeness (QED) is 0.481. The molecule has 0 bridgehead atoms. The largest absolute Gasteiger partial charge is 0.326 e. The van der Waals surface area contributed by atoms with Crippen molar-refractivity contribution in [2.75, 3.05) is 5.32 Å². The van der Waals surface area contributed by atoms with E-state index in [0.29, 0.717) is 12.8 Å². The zero-order chi connectivity index (χ0) is 19.8. The van der Waals surface area contributed by atoms with Crippen LogP contribution in [0, 0.1) is 20.8 Å². The van der Waals surface area contributed by atoms with Gasteiger partial charge in [0.25, 0.3) is 0 Å². The van der Waals surface area contributed by atoms with E-state index in [9.17, 15) is 4.79 Å². The second-order valence-electron chi connectivity index (χ2n) is 7.02. The van der Waals surface area contributed by atoms with Gasteiger partial charge in [0, 0.05) is 33.4 Å². The lowest BCUT2D eigenvalue weighted by atomic mass is 10.1. The molecule has 1 N–H and O–H groups in total. The van der Waals surface area contributed by atoms with E-state index < -0.39 is 0 Å². The van der Waals surface area contributed by atoms with Crippen molar-refractivity contribution in [3.05, 3.63) is 69.5 Å². The van der Waals surface area contributed by atoms with Gasteiger partial charge in [-0.05, 0) is 68.7 Å². The summed E-state index contributed by atoms with van der Waals surface area (Å²) in [5.74, 6) is -0.00468. The van der Waals surface area contributed by atoms with Crippen LogP contribution in [-0.4, -0.2) is 20.5 Å². The molecule has 0 unspecified atom stereocenters. The molecule has 0 radical (unpaired) electrons. The lowest BCUT2D eigenvalue weighted by molar-refractivity contribution is -0.116. The van der Waals surface area contributed by atoms with Crippen molar-refractivity contribution >= 4 is 44.1 Å². The second-order valence-corrected chi connectivity index (χ2v) is 7.94. The normalized spacial score (nSPS) is 11.3. The summed E-state index contributed by atoms with van der Waals surface area (Å²) in [6.07, 6.45) is 1.02. The van der Waals surface area contributed by atoms with E-state index in [1.165, 1.54) is 0 Å². The van der Waals surface area contributed by atoms with E-state index in [0.717, 1.165) is 49.2 Å². The zero-order valence-corrected chi connectivity index (χ0v) is 17.7. The van der Waals surface area contributed by atoms with Crippen LogP contribution in [0.2, 0.25) is 0 Å². The molecule has 4 rings (SSSR count). The van der Waals surface area contributed by atoms with Crippen molar-refractivity contribution in [3.8, 4) is 0 Å². The lowest BCUT2D eigenvalue weighted by Gasteiger charge is -2.12. The number of amides is 1. The maximum Gasteiger partial charge on any atom is 0.224 e. The Balaban J connectivity index is 1.57. The van der Waals surface area contributed by atoms with E-state index in [1.54, 1.807) is 0 Å². The number of carbonyl (C=O) groups is 1. The van der Waals surface area contributed by atoms with Crippen molar-refractivity contribution in [3.63, 3.8) is 0 Å². The van der Waals surface area contributed by atoms with Gasteiger partial charge in [-0.3, -0.25) is 4.79 Å². The summed E-state index contributed by atoms with van der Waals surface area (Å²) < 4.78 is 2.89. The second kappa shape index (κ2) is 7.36. The molecule has 0 fully saturated rings. The Hall–Kier alpha value is -2.73. The monoisotopic (exact) mass is 436 g/mol. The molecule has 28 heavy (non-hydrogen) atoms. The van der Waals surface area contributed by atoms with Crippen LogP contribution >= 0.6 is 15.9 Å². The summed E-state index contributed by atoms with van der Waals surface area (Å²) in [5.41, 5.74) is 6.72. The molecular formula is C22H21BrN4O. The number of rotatable bonds is 4. The third-order valence-electron chi connectivity index (χ3n) is 5.08. The van der Waals surface area contributed by atoms with Crippen molar-refractivity contribution in [2.24, 2.45) is 0 Å². The Morgan fingerprint density at radius 2 is 1.93 bits per heavy atom. The lowest BCUT2D eigenvalue weighted by Crippen LogP contribution is -2.15. The summed E-state index contributed by atoms with van der Waals surface area (Å²) in [6, 6.07) is 13.8. The number of nitrogens with one attached hydrogen (secondary N) is 1. The maximum atomic E-state index is 12.5.